The summed E-state index contributed by atoms with van der Waals surface area (Å²) in [5.74, 6) is -0.0461. The van der Waals surface area contributed by atoms with Crippen molar-refractivity contribution in [3.63, 3.8) is 0 Å². The van der Waals surface area contributed by atoms with E-state index >= 15 is 0 Å². The van der Waals surface area contributed by atoms with Crippen LogP contribution in [0.4, 0.5) is 0 Å². The molecule has 1 atom stereocenters. The molecule has 0 spiro atoms. The molecule has 3 heteroatoms. The van der Waals surface area contributed by atoms with Crippen molar-refractivity contribution in [1.82, 2.24) is 5.32 Å². The van der Waals surface area contributed by atoms with Crippen LogP contribution >= 0.6 is 0 Å². The van der Waals surface area contributed by atoms with Crippen molar-refractivity contribution in [3.05, 3.63) is 35.4 Å². The van der Waals surface area contributed by atoms with Gasteiger partial charge in [0.15, 0.2) is 0 Å². The van der Waals surface area contributed by atoms with Crippen molar-refractivity contribution in [2.75, 3.05) is 6.54 Å². The molecule has 1 amide bonds. The number of nitrogens with one attached hydrogen (secondary N) is 1. The van der Waals surface area contributed by atoms with Gasteiger partial charge in [0.05, 0.1) is 12.0 Å². The Labute approximate surface area is 109 Å². The van der Waals surface area contributed by atoms with Crippen LogP contribution in [-0.2, 0) is 11.2 Å². The maximum Gasteiger partial charge on any atom is 0.224 e. The lowest BCUT2D eigenvalue weighted by Gasteiger charge is -2.22. The Balaban J connectivity index is 2.40. The normalized spacial score (nSPS) is 14.0. The Kier molecular flexibility index (Phi) is 5.35. The number of benzene rings is 1. The highest BCUT2D eigenvalue weighted by Gasteiger charge is 2.19. The van der Waals surface area contributed by atoms with Crippen LogP contribution in [0, 0.1) is 6.92 Å². The highest BCUT2D eigenvalue weighted by molar-refractivity contribution is 5.78. The minimum Gasteiger partial charge on any atom is -0.388 e. The first-order chi connectivity index (χ1) is 8.43. The van der Waals surface area contributed by atoms with Crippen molar-refractivity contribution in [2.45, 2.75) is 45.6 Å². The molecule has 0 aromatic heterocycles. The zero-order chi connectivity index (χ0) is 13.6. The molecule has 2 N–H and O–H groups in total. The van der Waals surface area contributed by atoms with E-state index in [4.69, 9.17) is 0 Å². The second kappa shape index (κ2) is 6.55. The summed E-state index contributed by atoms with van der Waals surface area (Å²) in [6.07, 6.45) is 1.96. The first kappa shape index (κ1) is 14.7. The number of hydrogen-bond acceptors (Lipinski definition) is 2. The average molecular weight is 249 g/mol. The maximum absolute atomic E-state index is 11.7. The lowest BCUT2D eigenvalue weighted by atomic mass is 10.0. The lowest BCUT2D eigenvalue weighted by molar-refractivity contribution is -0.121. The van der Waals surface area contributed by atoms with Crippen LogP contribution in [-0.4, -0.2) is 23.2 Å². The number of rotatable bonds is 6. The molecule has 0 aliphatic rings. The third-order valence-corrected chi connectivity index (χ3v) is 2.94. The SMILES string of the molecule is CCCC(C)(O)CNC(=O)Cc1ccc(C)cc1. The topological polar surface area (TPSA) is 49.3 Å². The summed E-state index contributed by atoms with van der Waals surface area (Å²) < 4.78 is 0. The van der Waals surface area contributed by atoms with Gasteiger partial charge in [0, 0.05) is 6.54 Å². The fourth-order valence-electron chi connectivity index (χ4n) is 1.87. The van der Waals surface area contributed by atoms with Crippen molar-refractivity contribution in [2.24, 2.45) is 0 Å². The van der Waals surface area contributed by atoms with E-state index in [1.807, 2.05) is 38.1 Å². The van der Waals surface area contributed by atoms with E-state index in [0.29, 0.717) is 19.4 Å². The average Bonchev–Trinajstić information content (AvgIpc) is 2.30. The molecule has 18 heavy (non-hydrogen) atoms. The number of aliphatic hydroxyl groups is 1. The fourth-order valence-corrected chi connectivity index (χ4v) is 1.87. The summed E-state index contributed by atoms with van der Waals surface area (Å²) >= 11 is 0. The summed E-state index contributed by atoms with van der Waals surface area (Å²) in [5, 5.41) is 12.7. The Morgan fingerprint density at radius 2 is 1.94 bits per heavy atom. The second-order valence-electron chi connectivity index (χ2n) is 5.19. The van der Waals surface area contributed by atoms with Crippen LogP contribution in [0.15, 0.2) is 24.3 Å². The third kappa shape index (κ3) is 5.32. The van der Waals surface area contributed by atoms with Crippen LogP contribution in [0.25, 0.3) is 0 Å². The molecular formula is C15H23NO2. The van der Waals surface area contributed by atoms with Gasteiger partial charge in [0.2, 0.25) is 5.91 Å². The first-order valence-corrected chi connectivity index (χ1v) is 6.47. The molecular weight excluding hydrogens is 226 g/mol. The fraction of sp³-hybridized carbons (Fsp3) is 0.533. The van der Waals surface area contributed by atoms with Crippen molar-refractivity contribution >= 4 is 5.91 Å². The zero-order valence-electron chi connectivity index (χ0n) is 11.5. The molecule has 1 unspecified atom stereocenters. The predicted octanol–water partition coefficient (Wildman–Crippen LogP) is 2.20. The van der Waals surface area contributed by atoms with Crippen LogP contribution in [0.3, 0.4) is 0 Å². The van der Waals surface area contributed by atoms with E-state index in [9.17, 15) is 9.90 Å². The van der Waals surface area contributed by atoms with Crippen LogP contribution < -0.4 is 5.32 Å². The molecule has 1 aromatic carbocycles. The zero-order valence-corrected chi connectivity index (χ0v) is 11.5. The van der Waals surface area contributed by atoms with Gasteiger partial charge < -0.3 is 10.4 Å². The number of carbonyl (C=O) groups is 1. The number of carbonyl (C=O) groups excluding carboxylic acids is 1. The van der Waals surface area contributed by atoms with Crippen LogP contribution in [0.2, 0.25) is 0 Å². The summed E-state index contributed by atoms with van der Waals surface area (Å²) in [7, 11) is 0. The molecule has 0 radical (unpaired) electrons. The van der Waals surface area contributed by atoms with E-state index in [-0.39, 0.29) is 5.91 Å². The van der Waals surface area contributed by atoms with Crippen molar-refractivity contribution in [1.29, 1.82) is 0 Å². The molecule has 0 saturated carbocycles. The van der Waals surface area contributed by atoms with Gasteiger partial charge in [0.25, 0.3) is 0 Å². The Morgan fingerprint density at radius 1 is 1.33 bits per heavy atom. The molecule has 0 aliphatic heterocycles. The summed E-state index contributed by atoms with van der Waals surface area (Å²) in [6, 6.07) is 7.91. The molecule has 0 saturated heterocycles. The molecule has 0 bridgehead atoms. The molecule has 0 heterocycles. The van der Waals surface area contributed by atoms with E-state index in [1.165, 1.54) is 5.56 Å². The van der Waals surface area contributed by atoms with E-state index in [0.717, 1.165) is 12.0 Å². The van der Waals surface area contributed by atoms with Gasteiger partial charge >= 0.3 is 0 Å². The standard InChI is InChI=1S/C15H23NO2/c1-4-9-15(3,18)11-16-14(17)10-13-7-5-12(2)6-8-13/h5-8,18H,4,9-11H2,1-3H3,(H,16,17). The van der Waals surface area contributed by atoms with E-state index in [2.05, 4.69) is 5.32 Å². The van der Waals surface area contributed by atoms with Gasteiger partial charge in [-0.25, -0.2) is 0 Å². The first-order valence-electron chi connectivity index (χ1n) is 6.47. The molecule has 100 valence electrons. The summed E-state index contributed by atoms with van der Waals surface area (Å²) in [4.78, 5) is 11.7. The van der Waals surface area contributed by atoms with Crippen molar-refractivity contribution < 1.29 is 9.90 Å². The molecule has 3 nitrogen and oxygen atoms in total. The van der Waals surface area contributed by atoms with Crippen LogP contribution in [0.1, 0.15) is 37.8 Å². The van der Waals surface area contributed by atoms with Gasteiger partial charge in [-0.1, -0.05) is 43.2 Å². The predicted molar refractivity (Wildman–Crippen MR) is 73.4 cm³/mol. The Bertz CT molecular complexity index is 382. The number of amides is 1. The van der Waals surface area contributed by atoms with Gasteiger partial charge in [-0.2, -0.15) is 0 Å². The molecule has 1 rings (SSSR count). The number of aryl methyl sites for hydroxylation is 1. The third-order valence-electron chi connectivity index (χ3n) is 2.94. The van der Waals surface area contributed by atoms with Crippen molar-refractivity contribution in [3.8, 4) is 0 Å². The second-order valence-corrected chi connectivity index (χ2v) is 5.19. The van der Waals surface area contributed by atoms with Gasteiger partial charge in [-0.3, -0.25) is 4.79 Å². The van der Waals surface area contributed by atoms with Gasteiger partial charge in [0.1, 0.15) is 0 Å². The minimum atomic E-state index is -0.808. The molecule has 0 aliphatic carbocycles. The van der Waals surface area contributed by atoms with Crippen LogP contribution in [0.5, 0.6) is 0 Å². The number of hydrogen-bond donors (Lipinski definition) is 2. The highest BCUT2D eigenvalue weighted by Crippen LogP contribution is 2.10. The molecule has 1 aromatic rings. The largest absolute Gasteiger partial charge is 0.388 e. The quantitative estimate of drug-likeness (QED) is 0.812. The summed E-state index contributed by atoms with van der Waals surface area (Å²) in [6.45, 7) is 6.10. The Hall–Kier alpha value is -1.35. The highest BCUT2D eigenvalue weighted by atomic mass is 16.3. The lowest BCUT2D eigenvalue weighted by Crippen LogP contribution is -2.41. The monoisotopic (exact) mass is 249 g/mol. The van der Waals surface area contributed by atoms with Gasteiger partial charge in [-0.15, -0.1) is 0 Å². The summed E-state index contributed by atoms with van der Waals surface area (Å²) in [5.41, 5.74) is 1.37. The molecule has 0 fully saturated rings. The Morgan fingerprint density at radius 3 is 2.50 bits per heavy atom. The smallest absolute Gasteiger partial charge is 0.224 e. The minimum absolute atomic E-state index is 0.0461. The van der Waals surface area contributed by atoms with E-state index < -0.39 is 5.60 Å². The van der Waals surface area contributed by atoms with Gasteiger partial charge in [-0.05, 0) is 25.8 Å². The maximum atomic E-state index is 11.7. The van der Waals surface area contributed by atoms with E-state index in [1.54, 1.807) is 6.92 Å².